The summed E-state index contributed by atoms with van der Waals surface area (Å²) in [6, 6.07) is 0. The number of carbonyl (C=O) groups is 2. The molecule has 0 radical (unpaired) electrons. The van der Waals surface area contributed by atoms with Gasteiger partial charge >= 0.3 is 0 Å². The minimum atomic E-state index is -0.162. The molecule has 0 fully saturated rings. The molecule has 2 aromatic rings. The normalized spacial score (nSPS) is 16.5. The van der Waals surface area contributed by atoms with Crippen molar-refractivity contribution in [3.63, 3.8) is 0 Å². The van der Waals surface area contributed by atoms with Gasteiger partial charge in [-0.15, -0.1) is 11.3 Å². The fraction of sp³-hybridized carbons (Fsp3) is 0.529. The van der Waals surface area contributed by atoms with E-state index in [4.69, 9.17) is 0 Å². The molecule has 0 saturated heterocycles. The summed E-state index contributed by atoms with van der Waals surface area (Å²) in [6.07, 6.45) is 4.92. The van der Waals surface area contributed by atoms with E-state index >= 15 is 0 Å². The molecule has 134 valence electrons. The third kappa shape index (κ3) is 4.12. The van der Waals surface area contributed by atoms with E-state index in [1.807, 2.05) is 0 Å². The molecule has 8 heteroatoms. The third-order valence-electron chi connectivity index (χ3n) is 4.33. The number of carbonyl (C=O) groups excluding carboxylic acids is 2. The fourth-order valence-corrected chi connectivity index (χ4v) is 5.14. The number of thiophene rings is 1. The summed E-state index contributed by atoms with van der Waals surface area (Å²) in [4.78, 5) is 36.3. The summed E-state index contributed by atoms with van der Waals surface area (Å²) in [5.74, 6) is 0.673. The average Bonchev–Trinajstić information content (AvgIpc) is 2.95. The number of aryl methyl sites for hydroxylation is 1. The highest BCUT2D eigenvalue weighted by atomic mass is 32.2. The van der Waals surface area contributed by atoms with Crippen LogP contribution in [-0.4, -0.2) is 53.1 Å². The van der Waals surface area contributed by atoms with Crippen LogP contribution in [0.1, 0.15) is 23.8 Å². The second kappa shape index (κ2) is 7.70. The lowest BCUT2D eigenvalue weighted by Gasteiger charge is -2.18. The number of amides is 2. The Kier molecular flexibility index (Phi) is 5.58. The van der Waals surface area contributed by atoms with Crippen molar-refractivity contribution in [2.45, 2.75) is 31.2 Å². The molecule has 1 N–H and O–H groups in total. The SMILES string of the molecule is C[C@@H]1CCc2c(sc3ncnc(SCC(=O)NCC(=O)N(C)C)c23)C1. The minimum absolute atomic E-state index is 0.0251. The number of hydrogen-bond acceptors (Lipinski definition) is 6. The van der Waals surface area contributed by atoms with Gasteiger partial charge in [0.25, 0.3) is 0 Å². The maximum atomic E-state index is 12.0. The zero-order chi connectivity index (χ0) is 18.0. The number of rotatable bonds is 5. The number of hydrogen-bond donors (Lipinski definition) is 1. The van der Waals surface area contributed by atoms with Crippen LogP contribution in [0.25, 0.3) is 10.2 Å². The summed E-state index contributed by atoms with van der Waals surface area (Å²) in [6.45, 7) is 2.31. The van der Waals surface area contributed by atoms with E-state index in [1.165, 1.54) is 33.5 Å². The number of aromatic nitrogens is 2. The highest BCUT2D eigenvalue weighted by Crippen LogP contribution is 2.40. The van der Waals surface area contributed by atoms with Crippen LogP contribution in [0, 0.1) is 5.92 Å². The van der Waals surface area contributed by atoms with E-state index in [9.17, 15) is 9.59 Å². The molecule has 0 aromatic carbocycles. The average molecular weight is 379 g/mol. The van der Waals surface area contributed by atoms with Gasteiger partial charge in [0.2, 0.25) is 11.8 Å². The van der Waals surface area contributed by atoms with E-state index in [1.54, 1.807) is 31.8 Å². The van der Waals surface area contributed by atoms with Crippen LogP contribution in [0.4, 0.5) is 0 Å². The summed E-state index contributed by atoms with van der Waals surface area (Å²) >= 11 is 3.17. The van der Waals surface area contributed by atoms with Crippen molar-refractivity contribution in [3.8, 4) is 0 Å². The van der Waals surface area contributed by atoms with Gasteiger partial charge < -0.3 is 10.2 Å². The van der Waals surface area contributed by atoms with Gasteiger partial charge in [-0.1, -0.05) is 18.7 Å². The molecule has 0 spiro atoms. The first-order chi connectivity index (χ1) is 12.0. The van der Waals surface area contributed by atoms with Crippen molar-refractivity contribution in [1.82, 2.24) is 20.2 Å². The Morgan fingerprint density at radius 3 is 2.96 bits per heavy atom. The van der Waals surface area contributed by atoms with Crippen LogP contribution < -0.4 is 5.32 Å². The van der Waals surface area contributed by atoms with Crippen LogP contribution in [-0.2, 0) is 22.4 Å². The monoisotopic (exact) mass is 378 g/mol. The second-order valence-electron chi connectivity index (χ2n) is 6.56. The minimum Gasteiger partial charge on any atom is -0.347 e. The molecule has 0 unspecified atom stereocenters. The lowest BCUT2D eigenvalue weighted by molar-refractivity contribution is -0.130. The van der Waals surface area contributed by atoms with Gasteiger partial charge in [-0.2, -0.15) is 0 Å². The van der Waals surface area contributed by atoms with Crippen LogP contribution in [0.2, 0.25) is 0 Å². The summed E-state index contributed by atoms with van der Waals surface area (Å²) in [5, 5.41) is 4.64. The topological polar surface area (TPSA) is 75.2 Å². The largest absolute Gasteiger partial charge is 0.347 e. The van der Waals surface area contributed by atoms with Crippen LogP contribution in [0.15, 0.2) is 11.4 Å². The van der Waals surface area contributed by atoms with E-state index in [-0.39, 0.29) is 24.1 Å². The first-order valence-corrected chi connectivity index (χ1v) is 10.1. The molecule has 1 aliphatic rings. The number of thioether (sulfide) groups is 1. The Morgan fingerprint density at radius 1 is 1.40 bits per heavy atom. The summed E-state index contributed by atoms with van der Waals surface area (Å²) in [5.41, 5.74) is 1.37. The highest BCUT2D eigenvalue weighted by molar-refractivity contribution is 8.00. The first-order valence-electron chi connectivity index (χ1n) is 8.30. The number of nitrogens with one attached hydrogen (secondary N) is 1. The van der Waals surface area contributed by atoms with E-state index in [0.717, 1.165) is 28.1 Å². The Morgan fingerprint density at radius 2 is 2.20 bits per heavy atom. The Bertz CT molecular complexity index is 803. The quantitative estimate of drug-likeness (QED) is 0.637. The number of likely N-dealkylation sites (N-methyl/N-ethyl adjacent to an activating group) is 1. The molecule has 0 aliphatic heterocycles. The molecule has 0 bridgehead atoms. The zero-order valence-corrected chi connectivity index (χ0v) is 16.3. The smallest absolute Gasteiger partial charge is 0.241 e. The fourth-order valence-electron chi connectivity index (χ4n) is 2.87. The van der Waals surface area contributed by atoms with Gasteiger partial charge in [0, 0.05) is 24.4 Å². The van der Waals surface area contributed by atoms with Crippen LogP contribution in [0.5, 0.6) is 0 Å². The molecule has 1 atom stereocenters. The molecule has 25 heavy (non-hydrogen) atoms. The van der Waals surface area contributed by atoms with Gasteiger partial charge in [0.1, 0.15) is 16.2 Å². The van der Waals surface area contributed by atoms with E-state index < -0.39 is 0 Å². The van der Waals surface area contributed by atoms with Crippen molar-refractivity contribution >= 4 is 45.1 Å². The third-order valence-corrected chi connectivity index (χ3v) is 6.48. The molecule has 2 amide bonds. The molecule has 2 heterocycles. The van der Waals surface area contributed by atoms with Crippen LogP contribution >= 0.6 is 23.1 Å². The number of fused-ring (bicyclic) bond motifs is 3. The van der Waals surface area contributed by atoms with Crippen molar-refractivity contribution in [2.75, 3.05) is 26.4 Å². The van der Waals surface area contributed by atoms with Gasteiger partial charge in [0.05, 0.1) is 12.3 Å². The molecule has 3 rings (SSSR count). The second-order valence-corrected chi connectivity index (χ2v) is 8.61. The Hall–Kier alpha value is -1.67. The lowest BCUT2D eigenvalue weighted by atomic mass is 9.89. The zero-order valence-electron chi connectivity index (χ0n) is 14.7. The molecule has 1 aliphatic carbocycles. The lowest BCUT2D eigenvalue weighted by Crippen LogP contribution is -2.36. The van der Waals surface area contributed by atoms with Crippen molar-refractivity contribution in [1.29, 1.82) is 0 Å². The van der Waals surface area contributed by atoms with Gasteiger partial charge in [-0.05, 0) is 30.7 Å². The van der Waals surface area contributed by atoms with Crippen molar-refractivity contribution in [3.05, 3.63) is 16.8 Å². The summed E-state index contributed by atoms with van der Waals surface area (Å²) in [7, 11) is 3.34. The predicted molar refractivity (Wildman–Crippen MR) is 101 cm³/mol. The van der Waals surface area contributed by atoms with Gasteiger partial charge in [-0.3, -0.25) is 9.59 Å². The standard InChI is InChI=1S/C17H22N4O2S2/c1-10-4-5-11-12(6-10)25-17-15(11)16(19-9-20-17)24-8-13(22)18-7-14(23)21(2)3/h9-10H,4-8H2,1-3H3,(H,18,22)/t10-/m1/s1. The molecular formula is C17H22N4O2S2. The molecule has 0 saturated carbocycles. The molecule has 2 aromatic heterocycles. The van der Waals surface area contributed by atoms with Crippen molar-refractivity contribution < 1.29 is 9.59 Å². The maximum Gasteiger partial charge on any atom is 0.241 e. The first kappa shape index (κ1) is 18.1. The highest BCUT2D eigenvalue weighted by Gasteiger charge is 2.23. The van der Waals surface area contributed by atoms with Crippen LogP contribution in [0.3, 0.4) is 0 Å². The maximum absolute atomic E-state index is 12.0. The molecule has 6 nitrogen and oxygen atoms in total. The Balaban J connectivity index is 1.70. The number of nitrogens with zero attached hydrogens (tertiary/aromatic N) is 3. The summed E-state index contributed by atoms with van der Waals surface area (Å²) < 4.78 is 0. The van der Waals surface area contributed by atoms with Gasteiger partial charge in [0.15, 0.2) is 0 Å². The Labute approximate surface area is 155 Å². The van der Waals surface area contributed by atoms with E-state index in [2.05, 4.69) is 22.2 Å². The van der Waals surface area contributed by atoms with Crippen molar-refractivity contribution in [2.24, 2.45) is 5.92 Å². The molecular weight excluding hydrogens is 356 g/mol. The predicted octanol–water partition coefficient (Wildman–Crippen LogP) is 2.11. The van der Waals surface area contributed by atoms with Gasteiger partial charge in [-0.25, -0.2) is 9.97 Å². The van der Waals surface area contributed by atoms with E-state index in [0.29, 0.717) is 5.92 Å².